The fourth-order valence-corrected chi connectivity index (χ4v) is 6.62. The van der Waals surface area contributed by atoms with Gasteiger partial charge in [0, 0.05) is 38.6 Å². The van der Waals surface area contributed by atoms with E-state index in [4.69, 9.17) is 19.9 Å². The summed E-state index contributed by atoms with van der Waals surface area (Å²) in [7, 11) is 0. The van der Waals surface area contributed by atoms with Crippen molar-refractivity contribution in [3.05, 3.63) is 170 Å². The van der Waals surface area contributed by atoms with Crippen molar-refractivity contribution < 1.29 is 0 Å². The lowest BCUT2D eigenvalue weighted by molar-refractivity contribution is 1.07. The van der Waals surface area contributed by atoms with Crippen LogP contribution in [-0.4, -0.2) is 19.9 Å². The molecule has 0 radical (unpaired) electrons. The molecule has 0 aliphatic carbocycles. The van der Waals surface area contributed by atoms with Gasteiger partial charge in [-0.25, -0.2) is 19.9 Å². The van der Waals surface area contributed by atoms with Crippen LogP contribution in [0.5, 0.6) is 0 Å². The van der Waals surface area contributed by atoms with Crippen molar-refractivity contribution in [1.29, 1.82) is 0 Å². The monoisotopic (exact) mass is 612 g/mol. The zero-order chi connectivity index (χ0) is 31.9. The second-order valence-corrected chi connectivity index (χ2v) is 11.8. The Morgan fingerprint density at radius 3 is 1.50 bits per heavy atom. The van der Waals surface area contributed by atoms with Gasteiger partial charge < -0.3 is 0 Å². The molecule has 0 aliphatic heterocycles. The van der Waals surface area contributed by atoms with Gasteiger partial charge in [0.1, 0.15) is 0 Å². The highest BCUT2D eigenvalue weighted by molar-refractivity contribution is 6.11. The molecule has 4 nitrogen and oxygen atoms in total. The molecule has 0 saturated heterocycles. The Labute approximate surface area is 278 Å². The number of para-hydroxylation sites is 1. The maximum atomic E-state index is 5.14. The van der Waals surface area contributed by atoms with Crippen LogP contribution >= 0.6 is 0 Å². The molecule has 0 atom stereocenters. The molecule has 4 heteroatoms. The van der Waals surface area contributed by atoms with E-state index in [1.54, 1.807) is 0 Å². The number of pyridine rings is 1. The summed E-state index contributed by atoms with van der Waals surface area (Å²) in [6.45, 7) is 0. The molecule has 0 unspecified atom stereocenters. The highest BCUT2D eigenvalue weighted by Gasteiger charge is 2.18. The van der Waals surface area contributed by atoms with Gasteiger partial charge in [0.2, 0.25) is 0 Å². The Morgan fingerprint density at radius 1 is 0.292 bits per heavy atom. The van der Waals surface area contributed by atoms with Gasteiger partial charge in [0.05, 0.1) is 11.2 Å². The Morgan fingerprint density at radius 2 is 0.812 bits per heavy atom. The van der Waals surface area contributed by atoms with Gasteiger partial charge in [-0.1, -0.05) is 158 Å². The van der Waals surface area contributed by atoms with Crippen LogP contribution in [0, 0.1) is 0 Å². The van der Waals surface area contributed by atoms with Crippen LogP contribution in [0.25, 0.3) is 89.0 Å². The van der Waals surface area contributed by atoms with Crippen molar-refractivity contribution in [2.45, 2.75) is 0 Å². The Balaban J connectivity index is 1.24. The molecule has 2 aromatic heterocycles. The summed E-state index contributed by atoms with van der Waals surface area (Å²) < 4.78 is 0. The second-order valence-electron chi connectivity index (χ2n) is 11.8. The molecular weight excluding hydrogens is 585 g/mol. The second kappa shape index (κ2) is 11.7. The van der Waals surface area contributed by atoms with Gasteiger partial charge in [-0.3, -0.25) is 0 Å². The van der Waals surface area contributed by atoms with Crippen LogP contribution in [0.1, 0.15) is 0 Å². The van der Waals surface area contributed by atoms with Gasteiger partial charge in [-0.2, -0.15) is 0 Å². The number of rotatable bonds is 5. The predicted molar refractivity (Wildman–Crippen MR) is 197 cm³/mol. The molecule has 0 spiro atoms. The van der Waals surface area contributed by atoms with E-state index in [9.17, 15) is 0 Å². The summed E-state index contributed by atoms with van der Waals surface area (Å²) in [5, 5.41) is 5.80. The molecule has 0 fully saturated rings. The molecule has 48 heavy (non-hydrogen) atoms. The molecule has 0 bridgehead atoms. The van der Waals surface area contributed by atoms with E-state index >= 15 is 0 Å². The summed E-state index contributed by atoms with van der Waals surface area (Å²) in [6.07, 6.45) is 0. The number of nitrogens with zero attached hydrogens (tertiary/aromatic N) is 4. The molecule has 0 saturated carbocycles. The van der Waals surface area contributed by atoms with Gasteiger partial charge in [-0.05, 0) is 33.9 Å². The van der Waals surface area contributed by atoms with Crippen molar-refractivity contribution >= 4 is 32.4 Å². The van der Waals surface area contributed by atoms with Gasteiger partial charge in [0.25, 0.3) is 0 Å². The van der Waals surface area contributed by atoms with Crippen LogP contribution in [0.15, 0.2) is 170 Å². The minimum atomic E-state index is 0.634. The maximum absolute atomic E-state index is 5.14. The van der Waals surface area contributed by atoms with E-state index in [1.165, 1.54) is 5.39 Å². The van der Waals surface area contributed by atoms with Crippen LogP contribution in [0.3, 0.4) is 0 Å². The summed E-state index contributed by atoms with van der Waals surface area (Å²) in [5.41, 5.74) is 8.04. The first-order valence-corrected chi connectivity index (χ1v) is 16.1. The van der Waals surface area contributed by atoms with Crippen LogP contribution in [0.4, 0.5) is 0 Å². The molecule has 0 N–H and O–H groups in total. The van der Waals surface area contributed by atoms with Crippen molar-refractivity contribution in [3.63, 3.8) is 0 Å². The molecule has 9 rings (SSSR count). The first-order valence-electron chi connectivity index (χ1n) is 16.1. The number of hydrogen-bond donors (Lipinski definition) is 0. The predicted octanol–water partition coefficient (Wildman–Crippen LogP) is 11.1. The van der Waals surface area contributed by atoms with Crippen LogP contribution < -0.4 is 0 Å². The normalized spacial score (nSPS) is 11.3. The SMILES string of the molecule is c1ccc(-c2nc(-c3ccccc3)nc(-c3ccc4ccccc4c3-c3ccc(-c4nc5ccccc5c5ccccc45)cc3)n2)cc1. The summed E-state index contributed by atoms with van der Waals surface area (Å²) in [6, 6.07) is 58.7. The lowest BCUT2D eigenvalue weighted by Crippen LogP contribution is -2.01. The first-order chi connectivity index (χ1) is 23.8. The third-order valence-corrected chi connectivity index (χ3v) is 8.92. The van der Waals surface area contributed by atoms with E-state index < -0.39 is 0 Å². The van der Waals surface area contributed by atoms with E-state index in [0.717, 1.165) is 66.1 Å². The quantitative estimate of drug-likeness (QED) is 0.181. The Hall–Kier alpha value is -6.52. The third kappa shape index (κ3) is 4.88. The fraction of sp³-hybridized carbons (Fsp3) is 0. The molecule has 0 aliphatic rings. The zero-order valence-electron chi connectivity index (χ0n) is 26.0. The molecule has 7 aromatic carbocycles. The highest BCUT2D eigenvalue weighted by Crippen LogP contribution is 2.39. The molecule has 2 heterocycles. The van der Waals surface area contributed by atoms with Crippen molar-refractivity contribution in [2.24, 2.45) is 0 Å². The topological polar surface area (TPSA) is 51.6 Å². The standard InChI is InChI=1S/C44H28N4/c1-3-14-32(15-4-1)42-46-43(33-16-5-2-6-17-33)48-44(47-42)38-28-27-29-13-7-8-18-34(29)40(38)30-23-25-31(26-24-30)41-37-21-10-9-19-35(37)36-20-11-12-22-39(36)45-41/h1-28H. The van der Waals surface area contributed by atoms with Gasteiger partial charge in [-0.15, -0.1) is 0 Å². The van der Waals surface area contributed by atoms with E-state index in [1.807, 2.05) is 66.7 Å². The van der Waals surface area contributed by atoms with Gasteiger partial charge in [0.15, 0.2) is 17.5 Å². The summed E-state index contributed by atoms with van der Waals surface area (Å²) in [4.78, 5) is 20.2. The number of aromatic nitrogens is 4. The molecule has 224 valence electrons. The minimum Gasteiger partial charge on any atom is -0.247 e. The van der Waals surface area contributed by atoms with Gasteiger partial charge >= 0.3 is 0 Å². The Bertz CT molecular complexity index is 2540. The summed E-state index contributed by atoms with van der Waals surface area (Å²) in [5.74, 6) is 1.92. The number of hydrogen-bond acceptors (Lipinski definition) is 4. The molecule has 9 aromatic rings. The third-order valence-electron chi connectivity index (χ3n) is 8.92. The van der Waals surface area contributed by atoms with Crippen molar-refractivity contribution in [3.8, 4) is 56.5 Å². The highest BCUT2D eigenvalue weighted by atomic mass is 15.0. The number of benzene rings is 7. The largest absolute Gasteiger partial charge is 0.247 e. The Kier molecular flexibility index (Phi) is 6.76. The minimum absolute atomic E-state index is 0.634. The van der Waals surface area contributed by atoms with E-state index in [2.05, 4.69) is 103 Å². The van der Waals surface area contributed by atoms with Crippen molar-refractivity contribution in [2.75, 3.05) is 0 Å². The maximum Gasteiger partial charge on any atom is 0.164 e. The fourth-order valence-electron chi connectivity index (χ4n) is 6.62. The van der Waals surface area contributed by atoms with Crippen LogP contribution in [0.2, 0.25) is 0 Å². The lowest BCUT2D eigenvalue weighted by atomic mass is 9.91. The summed E-state index contributed by atoms with van der Waals surface area (Å²) >= 11 is 0. The smallest absolute Gasteiger partial charge is 0.164 e. The van der Waals surface area contributed by atoms with E-state index in [-0.39, 0.29) is 0 Å². The average molecular weight is 613 g/mol. The molecule has 0 amide bonds. The van der Waals surface area contributed by atoms with E-state index in [0.29, 0.717) is 17.5 Å². The first kappa shape index (κ1) is 27.8. The average Bonchev–Trinajstić information content (AvgIpc) is 3.18. The number of fused-ring (bicyclic) bond motifs is 4. The zero-order valence-corrected chi connectivity index (χ0v) is 26.0. The molecular formula is C44H28N4. The lowest BCUT2D eigenvalue weighted by Gasteiger charge is -2.15. The van der Waals surface area contributed by atoms with Crippen LogP contribution in [-0.2, 0) is 0 Å². The van der Waals surface area contributed by atoms with Crippen molar-refractivity contribution in [1.82, 2.24) is 19.9 Å².